The maximum atomic E-state index is 14.5. The molecule has 0 bridgehead atoms. The molecule has 0 saturated carbocycles. The molecule has 10 heteroatoms. The fraction of sp³-hybridized carbons (Fsp3) is 0.273. The van der Waals surface area contributed by atoms with E-state index in [0.717, 1.165) is 17.4 Å². The van der Waals surface area contributed by atoms with Crippen LogP contribution in [-0.2, 0) is 0 Å². The molecule has 0 aliphatic carbocycles. The van der Waals surface area contributed by atoms with Gasteiger partial charge in [-0.25, -0.2) is 9.37 Å². The van der Waals surface area contributed by atoms with E-state index in [0.29, 0.717) is 35.2 Å². The number of hydrogen-bond donors (Lipinski definition) is 3. The first-order valence-electron chi connectivity index (χ1n) is 9.84. The zero-order valence-corrected chi connectivity index (χ0v) is 19.4. The topological polar surface area (TPSA) is 89.6 Å². The smallest absolute Gasteiger partial charge is 0.229 e. The number of rotatable bonds is 10. The average molecular weight is 460 g/mol. The Kier molecular flexibility index (Phi) is 7.82. The van der Waals surface area contributed by atoms with Crippen LogP contribution in [0.1, 0.15) is 12.5 Å². The van der Waals surface area contributed by atoms with Crippen LogP contribution in [-0.4, -0.2) is 37.1 Å². The van der Waals surface area contributed by atoms with E-state index in [9.17, 15) is 4.39 Å². The zero-order chi connectivity index (χ0) is 23.1. The molecule has 8 nitrogen and oxygen atoms in total. The Labute approximate surface area is 191 Å². The molecule has 3 rings (SSSR count). The maximum Gasteiger partial charge on any atom is 0.229 e. The highest BCUT2D eigenvalue weighted by Crippen LogP contribution is 2.40. The van der Waals surface area contributed by atoms with Crippen molar-refractivity contribution in [2.75, 3.05) is 42.4 Å². The summed E-state index contributed by atoms with van der Waals surface area (Å²) in [6.45, 7) is 4.30. The Morgan fingerprint density at radius 2 is 1.88 bits per heavy atom. The van der Waals surface area contributed by atoms with Crippen molar-refractivity contribution in [2.45, 2.75) is 13.8 Å². The third-order valence-corrected chi connectivity index (χ3v) is 4.88. The summed E-state index contributed by atoms with van der Waals surface area (Å²) < 4.78 is 34.2. The van der Waals surface area contributed by atoms with Gasteiger partial charge in [-0.15, -0.1) is 0 Å². The molecular weight excluding hydrogens is 433 g/mol. The first kappa shape index (κ1) is 23.3. The molecule has 1 heterocycles. The van der Waals surface area contributed by atoms with Crippen LogP contribution < -0.4 is 29.6 Å². The van der Waals surface area contributed by atoms with Gasteiger partial charge in [0.25, 0.3) is 0 Å². The lowest BCUT2D eigenvalue weighted by atomic mass is 10.2. The Morgan fingerprint density at radius 1 is 1.09 bits per heavy atom. The average Bonchev–Trinajstić information content (AvgIpc) is 2.78. The van der Waals surface area contributed by atoms with E-state index < -0.39 is 5.82 Å². The number of para-hydroxylation sites is 1. The summed E-state index contributed by atoms with van der Waals surface area (Å²) in [5.41, 5.74) is 3.18. The number of ether oxygens (including phenoxy) is 3. The van der Waals surface area contributed by atoms with Crippen molar-refractivity contribution >= 4 is 40.8 Å². The SMILES string of the molecule is CCOc1cc(Nc2ncc(F)c(Nc3cccc(C)c3NSC)n2)cc(OC)c1OC. The third-order valence-electron chi connectivity index (χ3n) is 4.47. The first-order chi connectivity index (χ1) is 15.5. The van der Waals surface area contributed by atoms with E-state index in [2.05, 4.69) is 25.3 Å². The van der Waals surface area contributed by atoms with Crippen molar-refractivity contribution in [2.24, 2.45) is 0 Å². The van der Waals surface area contributed by atoms with Gasteiger partial charge in [0.05, 0.1) is 38.4 Å². The second-order valence-electron chi connectivity index (χ2n) is 6.59. The van der Waals surface area contributed by atoms with Gasteiger partial charge in [-0.1, -0.05) is 24.1 Å². The van der Waals surface area contributed by atoms with Gasteiger partial charge in [-0.05, 0) is 25.5 Å². The maximum absolute atomic E-state index is 14.5. The Hall–Kier alpha value is -3.40. The zero-order valence-electron chi connectivity index (χ0n) is 18.6. The largest absolute Gasteiger partial charge is 0.493 e. The summed E-state index contributed by atoms with van der Waals surface area (Å²) in [6, 6.07) is 9.18. The number of aryl methyl sites for hydroxylation is 1. The minimum atomic E-state index is -0.575. The normalized spacial score (nSPS) is 10.4. The van der Waals surface area contributed by atoms with Gasteiger partial charge in [0.2, 0.25) is 11.7 Å². The number of anilines is 5. The molecule has 0 saturated heterocycles. The first-order valence-corrected chi connectivity index (χ1v) is 11.1. The number of benzene rings is 2. The molecule has 1 aromatic heterocycles. The van der Waals surface area contributed by atoms with Gasteiger partial charge < -0.3 is 29.6 Å². The van der Waals surface area contributed by atoms with Crippen molar-refractivity contribution < 1.29 is 18.6 Å². The standard InChI is InChI=1S/C22H26FN5O3S/c1-6-31-18-11-14(10-17(29-3)20(18)30-4)25-22-24-12-15(23)21(27-22)26-16-9-7-8-13(2)19(16)28-32-5/h7-12,28H,6H2,1-5H3,(H2,24,25,26,27). The van der Waals surface area contributed by atoms with Gasteiger partial charge in [-0.2, -0.15) is 4.98 Å². The van der Waals surface area contributed by atoms with Crippen molar-refractivity contribution in [3.05, 3.63) is 47.9 Å². The van der Waals surface area contributed by atoms with Crippen molar-refractivity contribution in [3.63, 3.8) is 0 Å². The second-order valence-corrected chi connectivity index (χ2v) is 7.20. The monoisotopic (exact) mass is 459 g/mol. The Bertz CT molecular complexity index is 1080. The van der Waals surface area contributed by atoms with Crippen molar-refractivity contribution in [1.82, 2.24) is 9.97 Å². The lowest BCUT2D eigenvalue weighted by Gasteiger charge is -2.16. The van der Waals surface area contributed by atoms with Crippen LogP contribution in [0.3, 0.4) is 0 Å². The molecular formula is C22H26FN5O3S. The molecule has 0 radical (unpaired) electrons. The molecule has 170 valence electrons. The van der Waals surface area contributed by atoms with Gasteiger partial charge in [-0.3, -0.25) is 0 Å². The lowest BCUT2D eigenvalue weighted by molar-refractivity contribution is 0.297. The fourth-order valence-corrected chi connectivity index (χ4v) is 3.52. The molecule has 2 aromatic carbocycles. The van der Waals surface area contributed by atoms with Crippen LogP contribution >= 0.6 is 11.9 Å². The molecule has 0 amide bonds. The minimum absolute atomic E-state index is 0.0442. The number of halogens is 1. The molecule has 0 aliphatic heterocycles. The third kappa shape index (κ3) is 5.25. The summed E-state index contributed by atoms with van der Waals surface area (Å²) in [6.07, 6.45) is 3.03. The van der Waals surface area contributed by atoms with Gasteiger partial charge in [0.15, 0.2) is 23.1 Å². The van der Waals surface area contributed by atoms with Gasteiger partial charge in [0.1, 0.15) is 0 Å². The quantitative estimate of drug-likeness (QED) is 0.339. The van der Waals surface area contributed by atoms with Crippen molar-refractivity contribution in [1.29, 1.82) is 0 Å². The molecule has 0 unspecified atom stereocenters. The summed E-state index contributed by atoms with van der Waals surface area (Å²) in [7, 11) is 3.08. The lowest BCUT2D eigenvalue weighted by Crippen LogP contribution is -2.05. The van der Waals surface area contributed by atoms with E-state index in [1.165, 1.54) is 19.1 Å². The molecule has 0 atom stereocenters. The minimum Gasteiger partial charge on any atom is -0.493 e. The predicted molar refractivity (Wildman–Crippen MR) is 128 cm³/mol. The number of nitrogens with one attached hydrogen (secondary N) is 3. The van der Waals surface area contributed by atoms with Gasteiger partial charge in [0, 0.05) is 24.1 Å². The van der Waals surface area contributed by atoms with Crippen LogP contribution in [0.25, 0.3) is 0 Å². The number of methoxy groups -OCH3 is 2. The van der Waals surface area contributed by atoms with E-state index in [4.69, 9.17) is 14.2 Å². The molecule has 0 fully saturated rings. The number of nitrogens with zero attached hydrogens (tertiary/aromatic N) is 2. The van der Waals surface area contributed by atoms with E-state index in [-0.39, 0.29) is 11.8 Å². The van der Waals surface area contributed by atoms with Gasteiger partial charge >= 0.3 is 0 Å². The highest BCUT2D eigenvalue weighted by molar-refractivity contribution is 7.99. The van der Waals surface area contributed by atoms with E-state index >= 15 is 0 Å². The highest BCUT2D eigenvalue weighted by Gasteiger charge is 2.16. The predicted octanol–water partition coefficient (Wildman–Crippen LogP) is 5.52. The molecule has 3 N–H and O–H groups in total. The summed E-state index contributed by atoms with van der Waals surface area (Å²) in [5.74, 6) is 1.14. The highest BCUT2D eigenvalue weighted by atomic mass is 32.2. The second kappa shape index (κ2) is 10.8. The van der Waals surface area contributed by atoms with E-state index in [1.54, 1.807) is 19.2 Å². The molecule has 0 spiro atoms. The summed E-state index contributed by atoms with van der Waals surface area (Å²) in [5, 5.41) is 6.12. The Morgan fingerprint density at radius 3 is 2.56 bits per heavy atom. The summed E-state index contributed by atoms with van der Waals surface area (Å²) >= 11 is 1.45. The molecule has 3 aromatic rings. The van der Waals surface area contributed by atoms with Crippen LogP contribution in [0.15, 0.2) is 36.5 Å². The summed E-state index contributed by atoms with van der Waals surface area (Å²) in [4.78, 5) is 8.37. The Balaban J connectivity index is 1.92. The van der Waals surface area contributed by atoms with Crippen LogP contribution in [0, 0.1) is 12.7 Å². The van der Waals surface area contributed by atoms with Crippen molar-refractivity contribution in [3.8, 4) is 17.2 Å². The number of aromatic nitrogens is 2. The molecule has 0 aliphatic rings. The molecule has 32 heavy (non-hydrogen) atoms. The van der Waals surface area contributed by atoms with Crippen LogP contribution in [0.5, 0.6) is 17.2 Å². The number of hydrogen-bond acceptors (Lipinski definition) is 9. The fourth-order valence-electron chi connectivity index (χ4n) is 3.05. The van der Waals surface area contributed by atoms with E-state index in [1.807, 2.05) is 38.3 Å². The van der Waals surface area contributed by atoms with Crippen LogP contribution in [0.2, 0.25) is 0 Å². The van der Waals surface area contributed by atoms with Crippen LogP contribution in [0.4, 0.5) is 33.2 Å².